The van der Waals surface area contributed by atoms with Gasteiger partial charge in [-0.2, -0.15) is 110 Å². The molecule has 0 heterocycles. The fourth-order valence-electron chi connectivity index (χ4n) is 4.51. The summed E-state index contributed by atoms with van der Waals surface area (Å²) < 4.78 is 339. The van der Waals surface area contributed by atoms with E-state index >= 15 is 0 Å². The summed E-state index contributed by atoms with van der Waals surface area (Å²) in [6, 6.07) is 0. The monoisotopic (exact) mass is 830 g/mol. The van der Waals surface area contributed by atoms with Crippen molar-refractivity contribution in [2.24, 2.45) is 0 Å². The Morgan fingerprint density at radius 3 is 0.654 bits per heavy atom. The van der Waals surface area contributed by atoms with E-state index in [4.69, 9.17) is 0 Å². The van der Waals surface area contributed by atoms with Crippen LogP contribution >= 0.6 is 0 Å². The number of halogens is 25. The maximum Gasteiger partial charge on any atom is 0.460 e. The van der Waals surface area contributed by atoms with E-state index in [1.165, 1.54) is 0 Å². The fourth-order valence-corrected chi connectivity index (χ4v) is 4.51. The molecule has 0 rings (SSSR count). The van der Waals surface area contributed by atoms with Gasteiger partial charge < -0.3 is 0 Å². The van der Waals surface area contributed by atoms with Crippen LogP contribution in [0.2, 0.25) is 0 Å². The van der Waals surface area contributed by atoms with Crippen LogP contribution in [0.5, 0.6) is 0 Å². The van der Waals surface area contributed by atoms with Gasteiger partial charge in [0.1, 0.15) is 0 Å². The van der Waals surface area contributed by atoms with Crippen LogP contribution in [0.25, 0.3) is 0 Å². The van der Waals surface area contributed by atoms with Crippen molar-refractivity contribution in [2.75, 3.05) is 0 Å². The summed E-state index contributed by atoms with van der Waals surface area (Å²) in [6.07, 6.45) is -4.99. The van der Waals surface area contributed by atoms with Gasteiger partial charge in [-0.15, -0.1) is 0 Å². The molecular weight excluding hydrogens is 799 g/mol. The van der Waals surface area contributed by atoms with Crippen molar-refractivity contribution in [2.45, 2.75) is 168 Å². The normalized spacial score (nSPS) is 15.8. The van der Waals surface area contributed by atoms with Crippen molar-refractivity contribution < 1.29 is 110 Å². The van der Waals surface area contributed by atoms with Gasteiger partial charge in [0.15, 0.2) is 0 Å². The molecule has 0 saturated heterocycles. The summed E-state index contributed by atoms with van der Waals surface area (Å²) in [5.74, 6) is -97.6. The standard InChI is InChI=1S/C27H31F25/c1-2-3-4-5-6-7-8-9-10-11-12-13-14-15-16(28,29)17(30,31)18(32,33)19(34,35)20(36,37)21(38,39)22(40,41)23(42,43)24(44,45)25(46,47)26(48,49)27(50,51)52/h2-15H2,1H3. The van der Waals surface area contributed by atoms with E-state index in [0.29, 0.717) is 12.8 Å². The quantitative estimate of drug-likeness (QED) is 0.0672. The molecule has 0 aromatic rings. The number of hydrogen-bond acceptors (Lipinski definition) is 0. The highest BCUT2D eigenvalue weighted by Crippen LogP contribution is 2.68. The molecule has 52 heavy (non-hydrogen) atoms. The number of rotatable bonds is 24. The highest BCUT2D eigenvalue weighted by atomic mass is 19.4. The van der Waals surface area contributed by atoms with E-state index in [1.54, 1.807) is 0 Å². The topological polar surface area (TPSA) is 0 Å². The summed E-state index contributed by atoms with van der Waals surface area (Å²) in [6.45, 7) is 2.00. The van der Waals surface area contributed by atoms with Gasteiger partial charge in [-0.1, -0.05) is 84.0 Å². The van der Waals surface area contributed by atoms with E-state index in [-0.39, 0.29) is 12.8 Å². The Kier molecular flexibility index (Phi) is 15.6. The first kappa shape index (κ1) is 50.2. The van der Waals surface area contributed by atoms with E-state index < -0.39 is 90.6 Å². The van der Waals surface area contributed by atoms with Crippen LogP contribution in [0, 0.1) is 0 Å². The SMILES string of the molecule is CCCCCCCCCCCCCCCC(F)(F)C(F)(F)C(F)(F)C(F)(F)C(F)(F)C(F)(F)C(F)(F)C(F)(F)C(F)(F)C(F)(F)C(F)(F)C(F)(F)F. The molecule has 0 radical (unpaired) electrons. The zero-order chi connectivity index (χ0) is 41.9. The molecule has 0 aliphatic heterocycles. The van der Waals surface area contributed by atoms with Gasteiger partial charge in [0.25, 0.3) is 0 Å². The van der Waals surface area contributed by atoms with Crippen LogP contribution in [0.4, 0.5) is 110 Å². The van der Waals surface area contributed by atoms with Gasteiger partial charge in [0.2, 0.25) is 0 Å². The fraction of sp³-hybridized carbons (Fsp3) is 1.00. The molecule has 0 aliphatic rings. The molecule has 0 N–H and O–H groups in total. The predicted molar refractivity (Wildman–Crippen MR) is 131 cm³/mol. The zero-order valence-corrected chi connectivity index (χ0v) is 26.3. The third kappa shape index (κ3) is 8.40. The molecule has 314 valence electrons. The van der Waals surface area contributed by atoms with Crippen molar-refractivity contribution in [1.82, 2.24) is 0 Å². The lowest BCUT2D eigenvalue weighted by atomic mass is 9.84. The van der Waals surface area contributed by atoms with Gasteiger partial charge >= 0.3 is 71.3 Å². The van der Waals surface area contributed by atoms with E-state index in [1.807, 2.05) is 6.92 Å². The minimum Gasteiger partial charge on any atom is -0.200 e. The second kappa shape index (κ2) is 16.2. The molecule has 0 bridgehead atoms. The second-order valence-electron chi connectivity index (χ2n) is 11.9. The molecule has 0 aromatic carbocycles. The van der Waals surface area contributed by atoms with Crippen LogP contribution in [-0.4, -0.2) is 71.3 Å². The Bertz CT molecular complexity index is 1100. The zero-order valence-electron chi connectivity index (χ0n) is 26.3. The molecule has 0 atom stereocenters. The van der Waals surface area contributed by atoms with Crippen LogP contribution < -0.4 is 0 Å². The van der Waals surface area contributed by atoms with Crippen molar-refractivity contribution in [3.63, 3.8) is 0 Å². The highest BCUT2D eigenvalue weighted by molar-refractivity contribution is 5.19. The van der Waals surface area contributed by atoms with Crippen LogP contribution in [0.15, 0.2) is 0 Å². The maximum absolute atomic E-state index is 14.1. The third-order valence-corrected chi connectivity index (χ3v) is 7.96. The largest absolute Gasteiger partial charge is 0.460 e. The summed E-state index contributed by atoms with van der Waals surface area (Å²) >= 11 is 0. The lowest BCUT2D eigenvalue weighted by molar-refractivity contribution is -0.482. The minimum atomic E-state index is -9.57. The Labute approximate surface area is 278 Å². The first-order chi connectivity index (χ1) is 22.8. The van der Waals surface area contributed by atoms with Gasteiger partial charge in [-0.3, -0.25) is 0 Å². The Morgan fingerprint density at radius 2 is 0.423 bits per heavy atom. The second-order valence-corrected chi connectivity index (χ2v) is 11.9. The van der Waals surface area contributed by atoms with Crippen molar-refractivity contribution >= 4 is 0 Å². The van der Waals surface area contributed by atoms with Crippen LogP contribution in [-0.2, 0) is 0 Å². The maximum atomic E-state index is 14.1. The van der Waals surface area contributed by atoms with Gasteiger partial charge in [-0.05, 0) is 6.42 Å². The summed E-state index contributed by atoms with van der Waals surface area (Å²) in [7, 11) is 0. The summed E-state index contributed by atoms with van der Waals surface area (Å²) in [5.41, 5.74) is 0. The van der Waals surface area contributed by atoms with E-state index in [0.717, 1.165) is 44.9 Å². The minimum absolute atomic E-state index is 0.100. The third-order valence-electron chi connectivity index (χ3n) is 7.96. The Morgan fingerprint density at radius 1 is 0.231 bits per heavy atom. The molecule has 0 aromatic heterocycles. The lowest BCUT2D eigenvalue weighted by Crippen LogP contribution is -2.78. The van der Waals surface area contributed by atoms with Crippen molar-refractivity contribution in [3.05, 3.63) is 0 Å². The summed E-state index contributed by atoms with van der Waals surface area (Å²) in [5, 5.41) is 0. The smallest absolute Gasteiger partial charge is 0.200 e. The number of unbranched alkanes of at least 4 members (excludes halogenated alkanes) is 12. The molecule has 0 aliphatic carbocycles. The van der Waals surface area contributed by atoms with Crippen LogP contribution in [0.1, 0.15) is 96.8 Å². The highest BCUT2D eigenvalue weighted by Gasteiger charge is 2.99. The molecule has 0 saturated carbocycles. The van der Waals surface area contributed by atoms with Crippen molar-refractivity contribution in [1.29, 1.82) is 0 Å². The Hall–Kier alpha value is -1.75. The predicted octanol–water partition coefficient (Wildman–Crippen LogP) is 14.0. The molecular formula is C27H31F25. The molecule has 25 heteroatoms. The van der Waals surface area contributed by atoms with Crippen molar-refractivity contribution in [3.8, 4) is 0 Å². The first-order valence-electron chi connectivity index (χ1n) is 15.0. The van der Waals surface area contributed by atoms with Gasteiger partial charge in [-0.25, -0.2) is 0 Å². The molecule has 0 nitrogen and oxygen atoms in total. The average molecular weight is 830 g/mol. The Balaban J connectivity index is 6.15. The lowest BCUT2D eigenvalue weighted by Gasteiger charge is -2.45. The molecule has 0 fully saturated rings. The number of alkyl halides is 25. The first-order valence-corrected chi connectivity index (χ1v) is 15.0. The van der Waals surface area contributed by atoms with E-state index in [9.17, 15) is 110 Å². The summed E-state index contributed by atoms with van der Waals surface area (Å²) in [4.78, 5) is 0. The molecule has 0 amide bonds. The van der Waals surface area contributed by atoms with Crippen LogP contribution in [0.3, 0.4) is 0 Å². The van der Waals surface area contributed by atoms with Gasteiger partial charge in [0, 0.05) is 6.42 Å². The van der Waals surface area contributed by atoms with Gasteiger partial charge in [0.05, 0.1) is 0 Å². The number of hydrogen-bond donors (Lipinski definition) is 0. The van der Waals surface area contributed by atoms with E-state index in [2.05, 4.69) is 0 Å². The average Bonchev–Trinajstić information content (AvgIpc) is 2.97. The molecule has 0 spiro atoms. The molecule has 0 unspecified atom stereocenters.